The maximum atomic E-state index is 13.4. The van der Waals surface area contributed by atoms with E-state index in [2.05, 4.69) is 14.9 Å². The summed E-state index contributed by atoms with van der Waals surface area (Å²) in [5.41, 5.74) is 1.35. The van der Waals surface area contributed by atoms with E-state index in [1.165, 1.54) is 30.1 Å². The van der Waals surface area contributed by atoms with E-state index in [0.717, 1.165) is 36.2 Å². The number of halogens is 2. The van der Waals surface area contributed by atoms with Crippen LogP contribution < -0.4 is 4.74 Å². The van der Waals surface area contributed by atoms with E-state index in [1.54, 1.807) is 13.3 Å². The molecule has 0 bridgehead atoms. The Hall–Kier alpha value is -2.46. The van der Waals surface area contributed by atoms with Crippen LogP contribution >= 0.6 is 23.4 Å². The average molecular weight is 548 g/mol. The summed E-state index contributed by atoms with van der Waals surface area (Å²) in [6.07, 6.45) is 4.32. The van der Waals surface area contributed by atoms with Crippen LogP contribution in [0.1, 0.15) is 37.4 Å². The van der Waals surface area contributed by atoms with Crippen molar-refractivity contribution in [1.29, 1.82) is 0 Å². The molecular formula is C27H31ClFN3O4S. The van der Waals surface area contributed by atoms with E-state index in [0.29, 0.717) is 40.7 Å². The van der Waals surface area contributed by atoms with Gasteiger partial charge in [-0.1, -0.05) is 11.6 Å². The van der Waals surface area contributed by atoms with Crippen LogP contribution in [0.2, 0.25) is 5.02 Å². The summed E-state index contributed by atoms with van der Waals surface area (Å²) in [6, 6.07) is 8.22. The van der Waals surface area contributed by atoms with E-state index >= 15 is 0 Å². The Morgan fingerprint density at radius 2 is 2.14 bits per heavy atom. The smallest absolute Gasteiger partial charge is 0.303 e. The zero-order valence-corrected chi connectivity index (χ0v) is 22.2. The fraction of sp³-hybridized carbons (Fsp3) is 0.444. The number of thioether (sulfide) groups is 1. The third-order valence-corrected chi connectivity index (χ3v) is 8.19. The van der Waals surface area contributed by atoms with Gasteiger partial charge in [0.1, 0.15) is 11.6 Å². The zero-order valence-electron chi connectivity index (χ0n) is 20.6. The predicted molar refractivity (Wildman–Crippen MR) is 143 cm³/mol. The number of hydrogen-bond acceptors (Lipinski definition) is 7. The molecule has 0 spiro atoms. The number of rotatable bonds is 11. The summed E-state index contributed by atoms with van der Waals surface area (Å²) in [5, 5.41) is 22.5. The molecule has 1 aromatic carbocycles. The average Bonchev–Trinajstić information content (AvgIpc) is 2.87. The maximum Gasteiger partial charge on any atom is 0.303 e. The Morgan fingerprint density at radius 1 is 1.30 bits per heavy atom. The van der Waals surface area contributed by atoms with Gasteiger partial charge in [0, 0.05) is 54.7 Å². The molecule has 0 saturated carbocycles. The fourth-order valence-electron chi connectivity index (χ4n) is 5.09. The van der Waals surface area contributed by atoms with Gasteiger partial charge in [-0.05, 0) is 61.9 Å². The molecular weight excluding hydrogens is 517 g/mol. The van der Waals surface area contributed by atoms with Gasteiger partial charge in [-0.2, -0.15) is 0 Å². The van der Waals surface area contributed by atoms with Crippen LogP contribution in [0, 0.1) is 17.7 Å². The molecule has 10 heteroatoms. The van der Waals surface area contributed by atoms with E-state index in [4.69, 9.17) is 16.3 Å². The largest absolute Gasteiger partial charge is 0.497 e. The first-order valence-corrected chi connectivity index (χ1v) is 13.7. The molecule has 3 atom stereocenters. The maximum absolute atomic E-state index is 13.4. The number of fused-ring (bicyclic) bond motifs is 1. The van der Waals surface area contributed by atoms with E-state index in [1.807, 2.05) is 18.2 Å². The van der Waals surface area contributed by atoms with Crippen LogP contribution in [0.15, 0.2) is 47.8 Å². The first kappa shape index (κ1) is 27.6. The summed E-state index contributed by atoms with van der Waals surface area (Å²) in [4.78, 5) is 22.4. The molecule has 1 aliphatic rings. The number of carboxylic acid groups (broad SMARTS) is 1. The van der Waals surface area contributed by atoms with Gasteiger partial charge in [-0.3, -0.25) is 9.78 Å². The Bertz CT molecular complexity index is 1230. The van der Waals surface area contributed by atoms with Crippen molar-refractivity contribution in [2.24, 2.45) is 11.8 Å². The van der Waals surface area contributed by atoms with E-state index in [-0.39, 0.29) is 24.1 Å². The number of aliphatic hydroxyl groups excluding tert-OH is 1. The highest BCUT2D eigenvalue weighted by atomic mass is 35.5. The number of likely N-dealkylation sites (tertiary alicyclic amines) is 1. The minimum absolute atomic E-state index is 0.0134. The second kappa shape index (κ2) is 12.9. The molecule has 1 saturated heterocycles. The Kier molecular flexibility index (Phi) is 9.59. The molecule has 198 valence electrons. The molecule has 37 heavy (non-hydrogen) atoms. The molecule has 7 nitrogen and oxygen atoms in total. The lowest BCUT2D eigenvalue weighted by Gasteiger charge is -2.38. The number of piperidine rings is 1. The van der Waals surface area contributed by atoms with Gasteiger partial charge in [0.25, 0.3) is 0 Å². The third-order valence-electron chi connectivity index (χ3n) is 6.98. The predicted octanol–water partition coefficient (Wildman–Crippen LogP) is 5.45. The number of benzene rings is 1. The van der Waals surface area contributed by atoms with Crippen LogP contribution in [-0.2, 0) is 4.79 Å². The van der Waals surface area contributed by atoms with Crippen LogP contribution in [-0.4, -0.2) is 63.5 Å². The monoisotopic (exact) mass is 547 g/mol. The van der Waals surface area contributed by atoms with E-state index in [9.17, 15) is 19.4 Å². The molecule has 0 radical (unpaired) electrons. The molecule has 2 aromatic heterocycles. The fourth-order valence-corrected chi connectivity index (χ4v) is 6.25. The summed E-state index contributed by atoms with van der Waals surface area (Å²) >= 11 is 7.95. The highest BCUT2D eigenvalue weighted by Gasteiger charge is 2.31. The summed E-state index contributed by atoms with van der Waals surface area (Å²) in [7, 11) is 1.58. The number of pyridine rings is 2. The van der Waals surface area contributed by atoms with Crippen LogP contribution in [0.5, 0.6) is 5.75 Å². The van der Waals surface area contributed by atoms with Crippen molar-refractivity contribution in [2.45, 2.75) is 36.8 Å². The summed E-state index contributed by atoms with van der Waals surface area (Å²) in [6.45, 7) is 2.30. The highest BCUT2D eigenvalue weighted by Crippen LogP contribution is 2.37. The topological polar surface area (TPSA) is 95.8 Å². The number of aliphatic hydroxyl groups is 1. The van der Waals surface area contributed by atoms with Gasteiger partial charge < -0.3 is 19.8 Å². The lowest BCUT2D eigenvalue weighted by atomic mass is 9.79. The summed E-state index contributed by atoms with van der Waals surface area (Å²) in [5.74, 6) is 0.455. The third kappa shape index (κ3) is 7.31. The number of nitrogens with zero attached hydrogens (tertiary/aromatic N) is 3. The van der Waals surface area contributed by atoms with Crippen LogP contribution in [0.3, 0.4) is 0 Å². The quantitative estimate of drug-likeness (QED) is 0.306. The standard InChI is InChI=1S/C27H31ClFN3O4S/c1-36-20-3-4-23-21(14-20)27(22(28)15-31-23)24(33)5-2-17-7-9-32(16-18(17)12-26(34)35)10-11-37-25-13-19(29)6-8-30-25/h3-4,6,8,13-15,17-18,24,33H,2,5,7,9-12,16H2,1H3,(H,34,35)/t17-,18-,24+/m1/s1. The number of aromatic nitrogens is 2. The Balaban J connectivity index is 1.37. The minimum atomic E-state index is -0.814. The number of carboxylic acids is 1. The van der Waals surface area contributed by atoms with Gasteiger partial charge in [0.05, 0.1) is 28.8 Å². The number of aliphatic carboxylic acids is 1. The molecule has 0 unspecified atom stereocenters. The molecule has 1 fully saturated rings. The van der Waals surface area contributed by atoms with Gasteiger partial charge in [-0.15, -0.1) is 11.8 Å². The minimum Gasteiger partial charge on any atom is -0.497 e. The Labute approximate surface area is 225 Å². The van der Waals surface area contributed by atoms with Crippen LogP contribution in [0.25, 0.3) is 10.9 Å². The van der Waals surface area contributed by atoms with Crippen molar-refractivity contribution in [3.05, 3.63) is 59.1 Å². The van der Waals surface area contributed by atoms with Crippen molar-refractivity contribution in [3.63, 3.8) is 0 Å². The number of carbonyl (C=O) groups is 1. The number of hydrogen-bond donors (Lipinski definition) is 2. The molecule has 0 amide bonds. The van der Waals surface area contributed by atoms with E-state index < -0.39 is 12.1 Å². The second-order valence-electron chi connectivity index (χ2n) is 9.36. The Morgan fingerprint density at radius 3 is 2.89 bits per heavy atom. The molecule has 3 aromatic rings. The van der Waals surface area contributed by atoms with Crippen LogP contribution in [0.4, 0.5) is 4.39 Å². The van der Waals surface area contributed by atoms with Gasteiger partial charge in [0.15, 0.2) is 0 Å². The van der Waals surface area contributed by atoms with Gasteiger partial charge in [-0.25, -0.2) is 9.37 Å². The highest BCUT2D eigenvalue weighted by molar-refractivity contribution is 7.99. The van der Waals surface area contributed by atoms with Gasteiger partial charge >= 0.3 is 5.97 Å². The zero-order chi connectivity index (χ0) is 26.4. The first-order valence-electron chi connectivity index (χ1n) is 12.3. The van der Waals surface area contributed by atoms with Crippen molar-refractivity contribution >= 4 is 40.2 Å². The number of methoxy groups -OCH3 is 1. The normalized spacial score (nSPS) is 19.1. The van der Waals surface area contributed by atoms with Crippen molar-refractivity contribution < 1.29 is 24.1 Å². The molecule has 1 aliphatic heterocycles. The lowest BCUT2D eigenvalue weighted by Crippen LogP contribution is -2.42. The first-order chi connectivity index (χ1) is 17.8. The molecule has 4 rings (SSSR count). The van der Waals surface area contributed by atoms with Crippen molar-refractivity contribution in [1.82, 2.24) is 14.9 Å². The van der Waals surface area contributed by atoms with Gasteiger partial charge in [0.2, 0.25) is 0 Å². The molecule has 2 N–H and O–H groups in total. The number of ether oxygens (including phenoxy) is 1. The van der Waals surface area contributed by atoms with Crippen molar-refractivity contribution in [3.8, 4) is 5.75 Å². The molecule has 0 aliphatic carbocycles. The second-order valence-corrected chi connectivity index (χ2v) is 10.9. The summed E-state index contributed by atoms with van der Waals surface area (Å²) < 4.78 is 18.7. The lowest BCUT2D eigenvalue weighted by molar-refractivity contribution is -0.139. The molecule has 3 heterocycles. The van der Waals surface area contributed by atoms with Crippen molar-refractivity contribution in [2.75, 3.05) is 32.5 Å². The SMILES string of the molecule is COc1ccc2ncc(Cl)c([C@@H](O)CC[C@@H]3CCN(CCSc4cc(F)ccn4)C[C@H]3CC(=O)O)c2c1.